The van der Waals surface area contributed by atoms with Gasteiger partial charge in [-0.3, -0.25) is 4.79 Å². The third-order valence-corrected chi connectivity index (χ3v) is 4.57. The molecule has 0 spiro atoms. The molecule has 0 aliphatic carbocycles. The van der Waals surface area contributed by atoms with Gasteiger partial charge >= 0.3 is 0 Å². The highest BCUT2D eigenvalue weighted by Gasteiger charge is 2.14. The molecule has 1 unspecified atom stereocenters. The molecule has 1 saturated heterocycles. The Bertz CT molecular complexity index is 679. The zero-order valence-electron chi connectivity index (χ0n) is 15.1. The van der Waals surface area contributed by atoms with Crippen LogP contribution in [0.4, 0.5) is 5.69 Å². The predicted octanol–water partition coefficient (Wildman–Crippen LogP) is 1.56. The van der Waals surface area contributed by atoms with Gasteiger partial charge < -0.3 is 21.3 Å². The second-order valence-electron chi connectivity index (χ2n) is 6.68. The van der Waals surface area contributed by atoms with E-state index in [-0.39, 0.29) is 5.91 Å². The first kappa shape index (κ1) is 18.6. The molecule has 5 heteroatoms. The molecule has 2 aromatic rings. The van der Waals surface area contributed by atoms with Gasteiger partial charge in [-0.25, -0.2) is 0 Å². The molecule has 5 nitrogen and oxygen atoms in total. The summed E-state index contributed by atoms with van der Waals surface area (Å²) in [7, 11) is 0. The molecule has 138 valence electrons. The van der Waals surface area contributed by atoms with Gasteiger partial charge in [-0.05, 0) is 23.6 Å². The molecule has 2 aromatic carbocycles. The topological polar surface area (TPSA) is 65.2 Å². The number of hydrogen-bond acceptors (Lipinski definition) is 4. The lowest BCUT2D eigenvalue weighted by Gasteiger charge is -2.20. The van der Waals surface area contributed by atoms with Gasteiger partial charge in [-0.15, -0.1) is 0 Å². The molecular formula is C21H28N4O. The first-order valence-electron chi connectivity index (χ1n) is 9.38. The van der Waals surface area contributed by atoms with Gasteiger partial charge in [-0.2, -0.15) is 0 Å². The molecule has 1 aliphatic heterocycles. The molecule has 1 heterocycles. The molecule has 4 N–H and O–H groups in total. The quantitative estimate of drug-likeness (QED) is 0.659. The van der Waals surface area contributed by atoms with Crippen LogP contribution in [0.3, 0.4) is 0 Å². The number of rotatable bonds is 5. The average Bonchev–Trinajstić information content (AvgIpc) is 2.78. The first-order valence-corrected chi connectivity index (χ1v) is 9.38. The van der Waals surface area contributed by atoms with Gasteiger partial charge in [0.15, 0.2) is 0 Å². The van der Waals surface area contributed by atoms with Crippen molar-refractivity contribution in [3.63, 3.8) is 0 Å². The molecule has 1 atom stereocenters. The van der Waals surface area contributed by atoms with E-state index < -0.39 is 0 Å². The van der Waals surface area contributed by atoms with Crippen molar-refractivity contribution in [2.45, 2.75) is 18.9 Å². The fourth-order valence-corrected chi connectivity index (χ4v) is 3.22. The third-order valence-electron chi connectivity index (χ3n) is 4.57. The van der Waals surface area contributed by atoms with Gasteiger partial charge in [-0.1, -0.05) is 48.5 Å². The number of amides is 1. The van der Waals surface area contributed by atoms with E-state index in [0.29, 0.717) is 12.5 Å². The van der Waals surface area contributed by atoms with Crippen molar-refractivity contribution in [2.75, 3.05) is 38.0 Å². The molecule has 0 saturated carbocycles. The minimum Gasteiger partial charge on any atom is -0.326 e. The lowest BCUT2D eigenvalue weighted by Crippen LogP contribution is -2.41. The van der Waals surface area contributed by atoms with E-state index in [1.165, 1.54) is 5.56 Å². The van der Waals surface area contributed by atoms with Crippen LogP contribution in [-0.2, 0) is 17.6 Å². The lowest BCUT2D eigenvalue weighted by atomic mass is 10.0. The Balaban J connectivity index is 1.62. The molecule has 26 heavy (non-hydrogen) atoms. The number of anilines is 1. The van der Waals surface area contributed by atoms with Crippen LogP contribution in [0, 0.1) is 0 Å². The van der Waals surface area contributed by atoms with Crippen molar-refractivity contribution in [1.82, 2.24) is 16.0 Å². The minimum atomic E-state index is 0.0217. The standard InChI is InChI=1S/C21H28N4O/c26-21(14-17-6-2-1-3-7-17)25-20-9-5-4-8-18(20)15-19-16-23-11-10-22-12-13-24-19/h1-9,19,22-24H,10-16H2,(H,25,26). The molecule has 1 fully saturated rings. The first-order chi connectivity index (χ1) is 12.8. The smallest absolute Gasteiger partial charge is 0.228 e. The van der Waals surface area contributed by atoms with Crippen molar-refractivity contribution >= 4 is 11.6 Å². The summed E-state index contributed by atoms with van der Waals surface area (Å²) in [5, 5.41) is 13.6. The zero-order chi connectivity index (χ0) is 18.0. The molecule has 1 aliphatic rings. The third kappa shape index (κ3) is 5.95. The van der Waals surface area contributed by atoms with E-state index in [1.807, 2.05) is 48.5 Å². The molecular weight excluding hydrogens is 324 g/mol. The number of hydrogen-bond donors (Lipinski definition) is 4. The summed E-state index contributed by atoms with van der Waals surface area (Å²) in [5.41, 5.74) is 3.10. The highest BCUT2D eigenvalue weighted by Crippen LogP contribution is 2.17. The number of carbonyl (C=O) groups excluding carboxylic acids is 1. The lowest BCUT2D eigenvalue weighted by molar-refractivity contribution is -0.115. The largest absolute Gasteiger partial charge is 0.326 e. The van der Waals surface area contributed by atoms with Crippen LogP contribution in [0.25, 0.3) is 0 Å². The molecule has 3 rings (SSSR count). The summed E-state index contributed by atoms with van der Waals surface area (Å²) in [6.45, 7) is 4.84. The maximum atomic E-state index is 12.4. The Labute approximate surface area is 155 Å². The SMILES string of the molecule is O=C(Cc1ccccc1)Nc1ccccc1CC1CNCCNCCN1. The Hall–Kier alpha value is -2.21. The summed E-state index contributed by atoms with van der Waals surface area (Å²) >= 11 is 0. The summed E-state index contributed by atoms with van der Waals surface area (Å²) in [5.74, 6) is 0.0217. The van der Waals surface area contributed by atoms with E-state index in [2.05, 4.69) is 27.3 Å². The van der Waals surface area contributed by atoms with Crippen LogP contribution < -0.4 is 21.3 Å². The van der Waals surface area contributed by atoms with Gasteiger partial charge in [0.25, 0.3) is 0 Å². The minimum absolute atomic E-state index is 0.0217. The normalized spacial score (nSPS) is 18.4. The fraction of sp³-hybridized carbons (Fsp3) is 0.381. The maximum absolute atomic E-state index is 12.4. The Morgan fingerprint density at radius 3 is 2.54 bits per heavy atom. The van der Waals surface area contributed by atoms with Gasteiger partial charge in [0.1, 0.15) is 0 Å². The molecule has 0 radical (unpaired) electrons. The van der Waals surface area contributed by atoms with E-state index in [4.69, 9.17) is 0 Å². The van der Waals surface area contributed by atoms with Crippen LogP contribution in [-0.4, -0.2) is 44.7 Å². The van der Waals surface area contributed by atoms with Crippen LogP contribution >= 0.6 is 0 Å². The van der Waals surface area contributed by atoms with Crippen LogP contribution in [0.2, 0.25) is 0 Å². The Morgan fingerprint density at radius 1 is 0.923 bits per heavy atom. The number of para-hydroxylation sites is 1. The predicted molar refractivity (Wildman–Crippen MR) is 106 cm³/mol. The number of nitrogens with one attached hydrogen (secondary N) is 4. The summed E-state index contributed by atoms with van der Waals surface area (Å²) in [4.78, 5) is 12.4. The number of carbonyl (C=O) groups is 1. The van der Waals surface area contributed by atoms with Crippen molar-refractivity contribution in [3.05, 3.63) is 65.7 Å². The van der Waals surface area contributed by atoms with Gasteiger partial charge in [0.2, 0.25) is 5.91 Å². The molecule has 0 bridgehead atoms. The highest BCUT2D eigenvalue weighted by atomic mass is 16.1. The summed E-state index contributed by atoms with van der Waals surface area (Å²) in [6.07, 6.45) is 1.28. The van der Waals surface area contributed by atoms with Gasteiger partial charge in [0, 0.05) is 44.5 Å². The van der Waals surface area contributed by atoms with E-state index >= 15 is 0 Å². The maximum Gasteiger partial charge on any atom is 0.228 e. The second kappa shape index (κ2) is 10.1. The van der Waals surface area contributed by atoms with E-state index in [9.17, 15) is 4.79 Å². The summed E-state index contributed by atoms with van der Waals surface area (Å²) in [6, 6.07) is 18.3. The average molecular weight is 352 g/mol. The van der Waals surface area contributed by atoms with E-state index in [1.54, 1.807) is 0 Å². The molecule has 1 amide bonds. The van der Waals surface area contributed by atoms with Crippen molar-refractivity contribution in [2.24, 2.45) is 0 Å². The van der Waals surface area contributed by atoms with Crippen LogP contribution in [0.5, 0.6) is 0 Å². The van der Waals surface area contributed by atoms with Crippen molar-refractivity contribution < 1.29 is 4.79 Å². The van der Waals surface area contributed by atoms with Crippen LogP contribution in [0.1, 0.15) is 11.1 Å². The second-order valence-corrected chi connectivity index (χ2v) is 6.68. The van der Waals surface area contributed by atoms with Crippen LogP contribution in [0.15, 0.2) is 54.6 Å². The zero-order valence-corrected chi connectivity index (χ0v) is 15.1. The van der Waals surface area contributed by atoms with Crippen molar-refractivity contribution in [1.29, 1.82) is 0 Å². The van der Waals surface area contributed by atoms with Crippen molar-refractivity contribution in [3.8, 4) is 0 Å². The monoisotopic (exact) mass is 352 g/mol. The van der Waals surface area contributed by atoms with Gasteiger partial charge in [0.05, 0.1) is 6.42 Å². The van der Waals surface area contributed by atoms with E-state index in [0.717, 1.165) is 50.4 Å². The molecule has 0 aromatic heterocycles. The Kier molecular flexibility index (Phi) is 7.19. The Morgan fingerprint density at radius 2 is 1.65 bits per heavy atom. The number of benzene rings is 2. The fourth-order valence-electron chi connectivity index (χ4n) is 3.22. The highest BCUT2D eigenvalue weighted by molar-refractivity contribution is 5.93. The summed E-state index contributed by atoms with van der Waals surface area (Å²) < 4.78 is 0.